The molecule has 0 bridgehead atoms. The van der Waals surface area contributed by atoms with Crippen molar-refractivity contribution in [3.8, 4) is 0 Å². The number of hydrogen-bond donors (Lipinski definition) is 0. The molecule has 0 radical (unpaired) electrons. The van der Waals surface area contributed by atoms with Gasteiger partial charge in [-0.2, -0.15) is 0 Å². The lowest BCUT2D eigenvalue weighted by molar-refractivity contribution is 0.0662. The largest absolute Gasteiger partial charge is 0.0625 e. The monoisotopic (exact) mass is 264 g/mol. The predicted molar refractivity (Wildman–Crippen MR) is 85.3 cm³/mol. The topological polar surface area (TPSA) is 0 Å². The van der Waals surface area contributed by atoms with Crippen molar-refractivity contribution in [1.29, 1.82) is 0 Å². The third-order valence-electron chi connectivity index (χ3n) is 5.94. The molecule has 0 aliphatic heterocycles. The second-order valence-corrected chi connectivity index (χ2v) is 9.23. The maximum atomic E-state index is 2.53. The first-order chi connectivity index (χ1) is 8.80. The van der Waals surface area contributed by atoms with E-state index in [0.717, 1.165) is 17.8 Å². The van der Waals surface area contributed by atoms with E-state index in [1.165, 1.54) is 57.8 Å². The smallest absolute Gasteiger partial charge is 0.0287 e. The first-order valence-corrected chi connectivity index (χ1v) is 8.80. The second-order valence-electron chi connectivity index (χ2n) is 9.23. The molecule has 2 fully saturated rings. The van der Waals surface area contributed by atoms with Crippen LogP contribution in [0.2, 0.25) is 0 Å². The number of rotatable bonds is 0. The molecule has 0 heterocycles. The van der Waals surface area contributed by atoms with Crippen LogP contribution in [0.1, 0.15) is 92.4 Å². The van der Waals surface area contributed by atoms with E-state index >= 15 is 0 Å². The highest BCUT2D eigenvalue weighted by atomic mass is 14.5. The van der Waals surface area contributed by atoms with Crippen molar-refractivity contribution < 1.29 is 0 Å². The molecular weight excluding hydrogens is 228 g/mol. The lowest BCUT2D eigenvalue weighted by Crippen LogP contribution is -2.33. The van der Waals surface area contributed by atoms with Crippen LogP contribution in [0.4, 0.5) is 0 Å². The van der Waals surface area contributed by atoms with Crippen molar-refractivity contribution in [3.05, 3.63) is 0 Å². The summed E-state index contributed by atoms with van der Waals surface area (Å²) in [6.07, 6.45) is 13.3. The van der Waals surface area contributed by atoms with Crippen molar-refractivity contribution in [1.82, 2.24) is 0 Å². The SMILES string of the molecule is CC1CCC2(CC(C)CCCC(C)(C)C2)CC(C)C1. The van der Waals surface area contributed by atoms with Gasteiger partial charge < -0.3 is 0 Å². The van der Waals surface area contributed by atoms with E-state index in [9.17, 15) is 0 Å². The Labute approximate surface area is 121 Å². The molecule has 0 nitrogen and oxygen atoms in total. The van der Waals surface area contributed by atoms with Crippen LogP contribution in [-0.2, 0) is 0 Å². The summed E-state index contributed by atoms with van der Waals surface area (Å²) >= 11 is 0. The van der Waals surface area contributed by atoms with E-state index in [4.69, 9.17) is 0 Å². The summed E-state index contributed by atoms with van der Waals surface area (Å²) < 4.78 is 0. The molecule has 4 atom stereocenters. The summed E-state index contributed by atoms with van der Waals surface area (Å²) in [6, 6.07) is 0. The molecule has 112 valence electrons. The van der Waals surface area contributed by atoms with Crippen molar-refractivity contribution in [3.63, 3.8) is 0 Å². The molecule has 0 amide bonds. The number of hydrogen-bond acceptors (Lipinski definition) is 0. The first kappa shape index (κ1) is 15.4. The van der Waals surface area contributed by atoms with E-state index in [0.29, 0.717) is 10.8 Å². The van der Waals surface area contributed by atoms with Crippen molar-refractivity contribution in [2.24, 2.45) is 28.6 Å². The van der Waals surface area contributed by atoms with Gasteiger partial charge >= 0.3 is 0 Å². The molecule has 2 aliphatic carbocycles. The van der Waals surface area contributed by atoms with Gasteiger partial charge in [0, 0.05) is 0 Å². The molecule has 2 saturated carbocycles. The lowest BCUT2D eigenvalue weighted by atomic mass is 9.61. The standard InChI is InChI=1S/C19H36/c1-15-8-10-19(13-17(3)11-15)12-16(2)7-6-9-18(4,5)14-19/h15-17H,6-14H2,1-5H3. The minimum Gasteiger partial charge on any atom is -0.0625 e. The molecule has 2 rings (SSSR count). The van der Waals surface area contributed by atoms with Crippen LogP contribution in [0.5, 0.6) is 0 Å². The third kappa shape index (κ3) is 4.23. The van der Waals surface area contributed by atoms with Gasteiger partial charge in [-0.1, -0.05) is 53.9 Å². The zero-order valence-corrected chi connectivity index (χ0v) is 14.1. The fourth-order valence-corrected chi connectivity index (χ4v) is 5.57. The van der Waals surface area contributed by atoms with Crippen molar-refractivity contribution in [2.75, 3.05) is 0 Å². The lowest BCUT2D eigenvalue weighted by Gasteiger charge is -2.45. The first-order valence-electron chi connectivity index (χ1n) is 8.80. The van der Waals surface area contributed by atoms with Gasteiger partial charge in [0.15, 0.2) is 0 Å². The summed E-state index contributed by atoms with van der Waals surface area (Å²) in [4.78, 5) is 0. The van der Waals surface area contributed by atoms with Gasteiger partial charge in [-0.05, 0) is 67.1 Å². The van der Waals surface area contributed by atoms with Crippen LogP contribution >= 0.6 is 0 Å². The summed E-state index contributed by atoms with van der Waals surface area (Å²) in [5.41, 5.74) is 1.25. The average molecular weight is 264 g/mol. The Bertz CT molecular complexity index is 286. The summed E-state index contributed by atoms with van der Waals surface area (Å²) in [6.45, 7) is 12.6. The van der Waals surface area contributed by atoms with Gasteiger partial charge in [-0.25, -0.2) is 0 Å². The second kappa shape index (κ2) is 5.78. The normalized spacial score (nSPS) is 44.4. The quantitative estimate of drug-likeness (QED) is 0.472. The van der Waals surface area contributed by atoms with Gasteiger partial charge in [0.05, 0.1) is 0 Å². The van der Waals surface area contributed by atoms with Crippen molar-refractivity contribution in [2.45, 2.75) is 92.4 Å². The Morgan fingerprint density at radius 1 is 0.789 bits per heavy atom. The summed E-state index contributed by atoms with van der Waals surface area (Å²) in [5, 5.41) is 0. The van der Waals surface area contributed by atoms with E-state index < -0.39 is 0 Å². The molecule has 0 aromatic carbocycles. The van der Waals surface area contributed by atoms with E-state index in [1.54, 1.807) is 0 Å². The fourth-order valence-electron chi connectivity index (χ4n) is 5.57. The highest BCUT2D eigenvalue weighted by molar-refractivity contribution is 4.92. The Hall–Kier alpha value is 0. The van der Waals surface area contributed by atoms with Gasteiger partial charge in [0.25, 0.3) is 0 Å². The fraction of sp³-hybridized carbons (Fsp3) is 1.00. The Morgan fingerprint density at radius 2 is 1.47 bits per heavy atom. The van der Waals surface area contributed by atoms with Crippen LogP contribution in [0, 0.1) is 28.6 Å². The van der Waals surface area contributed by atoms with Crippen molar-refractivity contribution >= 4 is 0 Å². The zero-order valence-electron chi connectivity index (χ0n) is 14.1. The molecule has 0 aromatic heterocycles. The van der Waals surface area contributed by atoms with E-state index in [2.05, 4.69) is 34.6 Å². The highest BCUT2D eigenvalue weighted by Gasteiger charge is 2.41. The minimum absolute atomic E-state index is 0.577. The molecular formula is C19H36. The van der Waals surface area contributed by atoms with Crippen LogP contribution in [0.25, 0.3) is 0 Å². The predicted octanol–water partition coefficient (Wildman–Crippen LogP) is 6.45. The van der Waals surface area contributed by atoms with Gasteiger partial charge in [-0.3, -0.25) is 0 Å². The summed E-state index contributed by atoms with van der Waals surface area (Å²) in [5.74, 6) is 2.86. The molecule has 0 N–H and O–H groups in total. The van der Waals surface area contributed by atoms with Crippen LogP contribution in [-0.4, -0.2) is 0 Å². The molecule has 0 heteroatoms. The van der Waals surface area contributed by atoms with Crippen LogP contribution in [0.3, 0.4) is 0 Å². The summed E-state index contributed by atoms with van der Waals surface area (Å²) in [7, 11) is 0. The Morgan fingerprint density at radius 3 is 2.21 bits per heavy atom. The highest BCUT2D eigenvalue weighted by Crippen LogP contribution is 2.53. The van der Waals surface area contributed by atoms with Gasteiger partial charge in [0.1, 0.15) is 0 Å². The zero-order chi connectivity index (χ0) is 14.1. The van der Waals surface area contributed by atoms with E-state index in [-0.39, 0.29) is 0 Å². The van der Waals surface area contributed by atoms with Crippen LogP contribution < -0.4 is 0 Å². The molecule has 1 spiro atoms. The maximum Gasteiger partial charge on any atom is -0.0287 e. The molecule has 4 unspecified atom stereocenters. The van der Waals surface area contributed by atoms with Crippen LogP contribution in [0.15, 0.2) is 0 Å². The van der Waals surface area contributed by atoms with E-state index in [1.807, 2.05) is 0 Å². The Kier molecular flexibility index (Phi) is 4.68. The van der Waals surface area contributed by atoms with Gasteiger partial charge in [0.2, 0.25) is 0 Å². The van der Waals surface area contributed by atoms with Gasteiger partial charge in [-0.15, -0.1) is 0 Å². The molecule has 0 saturated heterocycles. The minimum atomic E-state index is 0.577. The average Bonchev–Trinajstić information content (AvgIpc) is 2.35. The Balaban J connectivity index is 2.19. The molecule has 2 aliphatic rings. The maximum absolute atomic E-state index is 2.53. The third-order valence-corrected chi connectivity index (χ3v) is 5.94. The molecule has 0 aromatic rings. The molecule has 19 heavy (non-hydrogen) atoms.